The number of nitrogens with one attached hydrogen (secondary N) is 1. The molecule has 0 aliphatic carbocycles. The van der Waals surface area contributed by atoms with E-state index in [0.717, 1.165) is 25.8 Å². The highest BCUT2D eigenvalue weighted by Gasteiger charge is 2.18. The Bertz CT molecular complexity index is 1070. The van der Waals surface area contributed by atoms with Crippen molar-refractivity contribution in [2.75, 3.05) is 11.6 Å². The van der Waals surface area contributed by atoms with Gasteiger partial charge in [-0.15, -0.1) is 11.3 Å². The van der Waals surface area contributed by atoms with E-state index in [4.69, 9.17) is 0 Å². The summed E-state index contributed by atoms with van der Waals surface area (Å²) in [5.74, 6) is -0.150. The Balaban J connectivity index is 1.69. The fraction of sp³-hybridized carbons (Fsp3) is 0.263. The topological polar surface area (TPSA) is 76.1 Å². The second kappa shape index (κ2) is 8.00. The minimum atomic E-state index is -3.30. The Morgan fingerprint density at radius 1 is 1.19 bits per heavy atom. The van der Waals surface area contributed by atoms with Crippen LogP contribution in [-0.4, -0.2) is 30.8 Å². The molecule has 0 fully saturated rings. The van der Waals surface area contributed by atoms with Crippen LogP contribution in [0.5, 0.6) is 0 Å². The van der Waals surface area contributed by atoms with Crippen molar-refractivity contribution in [3.8, 4) is 0 Å². The SMILES string of the molecule is CSc1nc2ccc(NC(=O)Cc3ccc(S(=O)(=O)C(C)C)cc3)cc2s1. The molecular formula is C19H20N2O3S3. The average Bonchev–Trinajstić information content (AvgIpc) is 3.04. The number of hydrogen-bond acceptors (Lipinski definition) is 6. The number of thioether (sulfide) groups is 1. The molecule has 3 rings (SSSR count). The molecular weight excluding hydrogens is 400 g/mol. The zero-order valence-corrected chi connectivity index (χ0v) is 17.7. The van der Waals surface area contributed by atoms with Crippen molar-refractivity contribution in [1.82, 2.24) is 4.98 Å². The second-order valence-corrected chi connectivity index (χ2v) is 10.9. The van der Waals surface area contributed by atoms with Gasteiger partial charge in [0.1, 0.15) is 0 Å². The minimum Gasteiger partial charge on any atom is -0.326 e. The summed E-state index contributed by atoms with van der Waals surface area (Å²) in [7, 11) is -3.30. The molecule has 5 nitrogen and oxygen atoms in total. The van der Waals surface area contributed by atoms with Gasteiger partial charge in [-0.3, -0.25) is 4.79 Å². The van der Waals surface area contributed by atoms with Gasteiger partial charge in [-0.05, 0) is 56.0 Å². The number of sulfone groups is 1. The van der Waals surface area contributed by atoms with Gasteiger partial charge in [-0.1, -0.05) is 23.9 Å². The van der Waals surface area contributed by atoms with Crippen LogP contribution in [0.1, 0.15) is 19.4 Å². The van der Waals surface area contributed by atoms with Crippen LogP contribution < -0.4 is 5.32 Å². The zero-order valence-electron chi connectivity index (χ0n) is 15.2. The number of nitrogens with zero attached hydrogens (tertiary/aromatic N) is 1. The molecule has 8 heteroatoms. The number of benzene rings is 2. The van der Waals surface area contributed by atoms with Crippen LogP contribution in [-0.2, 0) is 21.1 Å². The molecule has 0 spiro atoms. The maximum atomic E-state index is 12.3. The summed E-state index contributed by atoms with van der Waals surface area (Å²) < 4.78 is 26.3. The lowest BCUT2D eigenvalue weighted by Crippen LogP contribution is -2.15. The molecule has 0 unspecified atom stereocenters. The predicted octanol–water partition coefficient (Wildman–Crippen LogP) is 4.38. The van der Waals surface area contributed by atoms with Gasteiger partial charge in [-0.2, -0.15) is 0 Å². The van der Waals surface area contributed by atoms with E-state index in [1.165, 1.54) is 0 Å². The van der Waals surface area contributed by atoms with Gasteiger partial charge in [0.15, 0.2) is 14.2 Å². The van der Waals surface area contributed by atoms with Crippen molar-refractivity contribution in [3.63, 3.8) is 0 Å². The fourth-order valence-electron chi connectivity index (χ4n) is 2.53. The number of carbonyl (C=O) groups is 1. The summed E-state index contributed by atoms with van der Waals surface area (Å²) in [6.07, 6.45) is 2.16. The van der Waals surface area contributed by atoms with Crippen molar-refractivity contribution < 1.29 is 13.2 Å². The van der Waals surface area contributed by atoms with Gasteiger partial charge in [0, 0.05) is 5.69 Å². The average molecular weight is 421 g/mol. The number of hydrogen-bond donors (Lipinski definition) is 1. The monoisotopic (exact) mass is 420 g/mol. The first-order valence-corrected chi connectivity index (χ1v) is 12.0. The van der Waals surface area contributed by atoms with Gasteiger partial charge in [0.25, 0.3) is 0 Å². The van der Waals surface area contributed by atoms with Crippen LogP contribution in [0.25, 0.3) is 10.2 Å². The number of rotatable bonds is 6. The van der Waals surface area contributed by atoms with Crippen molar-refractivity contribution >= 4 is 54.7 Å². The quantitative estimate of drug-likeness (QED) is 0.599. The van der Waals surface area contributed by atoms with Crippen LogP contribution in [0.3, 0.4) is 0 Å². The molecule has 0 saturated heterocycles. The van der Waals surface area contributed by atoms with Crippen LogP contribution in [0.4, 0.5) is 5.69 Å². The second-order valence-electron chi connectivity index (χ2n) is 6.33. The molecule has 1 aromatic heterocycles. The van der Waals surface area contributed by atoms with Gasteiger partial charge >= 0.3 is 0 Å². The van der Waals surface area contributed by atoms with E-state index in [1.807, 2.05) is 24.5 Å². The molecule has 27 heavy (non-hydrogen) atoms. The molecule has 1 heterocycles. The van der Waals surface area contributed by atoms with Crippen molar-refractivity contribution in [3.05, 3.63) is 48.0 Å². The number of thiazole rings is 1. The number of anilines is 1. The minimum absolute atomic E-state index is 0.150. The standard InChI is InChI=1S/C19H20N2O3S3/c1-12(2)27(23,24)15-7-4-13(5-8-15)10-18(22)20-14-6-9-16-17(11-14)26-19(21-16)25-3/h4-9,11-12H,10H2,1-3H3,(H,20,22). The first kappa shape index (κ1) is 19.9. The van der Waals surface area contributed by atoms with Crippen LogP contribution in [0.2, 0.25) is 0 Å². The van der Waals surface area contributed by atoms with Crippen LogP contribution in [0, 0.1) is 0 Å². The highest BCUT2D eigenvalue weighted by molar-refractivity contribution is 8.00. The summed E-state index contributed by atoms with van der Waals surface area (Å²) >= 11 is 3.19. The van der Waals surface area contributed by atoms with E-state index in [0.29, 0.717) is 0 Å². The molecule has 0 saturated carbocycles. The molecule has 0 aliphatic heterocycles. The molecule has 0 atom stereocenters. The Morgan fingerprint density at radius 2 is 1.89 bits per heavy atom. The molecule has 2 aromatic carbocycles. The van der Waals surface area contributed by atoms with E-state index >= 15 is 0 Å². The van der Waals surface area contributed by atoms with Gasteiger partial charge in [0.2, 0.25) is 5.91 Å². The van der Waals surface area contributed by atoms with Gasteiger partial charge < -0.3 is 5.32 Å². The highest BCUT2D eigenvalue weighted by atomic mass is 32.2. The summed E-state index contributed by atoms with van der Waals surface area (Å²) in [5, 5.41) is 2.42. The molecule has 3 aromatic rings. The van der Waals surface area contributed by atoms with Crippen LogP contribution in [0.15, 0.2) is 51.7 Å². The zero-order chi connectivity index (χ0) is 19.6. The highest BCUT2D eigenvalue weighted by Crippen LogP contribution is 2.30. The van der Waals surface area contributed by atoms with E-state index in [-0.39, 0.29) is 17.2 Å². The largest absolute Gasteiger partial charge is 0.326 e. The Labute approximate surface area is 167 Å². The number of fused-ring (bicyclic) bond motifs is 1. The third kappa shape index (κ3) is 4.51. The van der Waals surface area contributed by atoms with E-state index in [9.17, 15) is 13.2 Å². The number of amides is 1. The molecule has 0 radical (unpaired) electrons. The van der Waals surface area contributed by atoms with E-state index < -0.39 is 15.1 Å². The first-order valence-electron chi connectivity index (χ1n) is 8.37. The fourth-order valence-corrected chi connectivity index (χ4v) is 5.12. The maximum absolute atomic E-state index is 12.3. The third-order valence-corrected chi connectivity index (χ3v) is 8.24. The Kier molecular flexibility index (Phi) is 5.88. The number of aromatic nitrogens is 1. The third-order valence-electron chi connectivity index (χ3n) is 4.06. The lowest BCUT2D eigenvalue weighted by Gasteiger charge is -2.09. The predicted molar refractivity (Wildman–Crippen MR) is 112 cm³/mol. The van der Waals surface area contributed by atoms with Crippen molar-refractivity contribution in [1.29, 1.82) is 0 Å². The molecule has 142 valence electrons. The lowest BCUT2D eigenvalue weighted by atomic mass is 10.1. The molecule has 0 bridgehead atoms. The van der Waals surface area contributed by atoms with Gasteiger partial charge in [0.05, 0.1) is 26.8 Å². The Morgan fingerprint density at radius 3 is 2.52 bits per heavy atom. The van der Waals surface area contributed by atoms with Gasteiger partial charge in [-0.25, -0.2) is 13.4 Å². The number of carbonyl (C=O) groups excluding carboxylic acids is 1. The summed E-state index contributed by atoms with van der Waals surface area (Å²) in [6, 6.07) is 12.1. The van der Waals surface area contributed by atoms with Crippen molar-refractivity contribution in [2.45, 2.75) is 34.8 Å². The summed E-state index contributed by atoms with van der Waals surface area (Å²) in [5.41, 5.74) is 2.41. The summed E-state index contributed by atoms with van der Waals surface area (Å²) in [6.45, 7) is 3.30. The van der Waals surface area contributed by atoms with Crippen LogP contribution >= 0.6 is 23.1 Å². The lowest BCUT2D eigenvalue weighted by molar-refractivity contribution is -0.115. The summed E-state index contributed by atoms with van der Waals surface area (Å²) in [4.78, 5) is 17.1. The molecule has 1 amide bonds. The molecule has 0 aliphatic rings. The Hall–Kier alpha value is -1.90. The van der Waals surface area contributed by atoms with Crippen molar-refractivity contribution in [2.24, 2.45) is 0 Å². The van der Waals surface area contributed by atoms with E-state index in [2.05, 4.69) is 10.3 Å². The van der Waals surface area contributed by atoms with E-state index in [1.54, 1.807) is 61.2 Å². The maximum Gasteiger partial charge on any atom is 0.228 e. The smallest absolute Gasteiger partial charge is 0.228 e. The molecule has 1 N–H and O–H groups in total. The normalized spacial score (nSPS) is 11.9. The first-order chi connectivity index (χ1) is 12.8.